The van der Waals surface area contributed by atoms with E-state index in [-0.39, 0.29) is 6.23 Å². The van der Waals surface area contributed by atoms with Crippen molar-refractivity contribution in [3.8, 4) is 0 Å². The van der Waals surface area contributed by atoms with Crippen LogP contribution in [-0.2, 0) is 11.2 Å². The van der Waals surface area contributed by atoms with E-state index >= 15 is 0 Å². The SMILES string of the molecule is c1coc(CC2NCCCO2)c1. The molecule has 2 heterocycles. The molecular formula is C9H13NO2. The zero-order chi connectivity index (χ0) is 8.23. The number of rotatable bonds is 2. The van der Waals surface area contributed by atoms with Crippen LogP contribution < -0.4 is 5.32 Å². The quantitative estimate of drug-likeness (QED) is 0.717. The summed E-state index contributed by atoms with van der Waals surface area (Å²) in [7, 11) is 0. The normalized spacial score (nSPS) is 24.2. The van der Waals surface area contributed by atoms with Gasteiger partial charge in [0.2, 0.25) is 0 Å². The van der Waals surface area contributed by atoms with Crippen LogP contribution in [0.2, 0.25) is 0 Å². The highest BCUT2D eigenvalue weighted by Crippen LogP contribution is 2.07. The first-order valence-electron chi connectivity index (χ1n) is 4.32. The monoisotopic (exact) mass is 167 g/mol. The Bertz CT molecular complexity index is 214. The van der Waals surface area contributed by atoms with Crippen molar-refractivity contribution in [2.45, 2.75) is 19.1 Å². The molecular weight excluding hydrogens is 154 g/mol. The molecule has 1 aliphatic rings. The zero-order valence-corrected chi connectivity index (χ0v) is 6.95. The van der Waals surface area contributed by atoms with Gasteiger partial charge in [0.25, 0.3) is 0 Å². The number of ether oxygens (including phenoxy) is 1. The van der Waals surface area contributed by atoms with Crippen molar-refractivity contribution < 1.29 is 9.15 Å². The largest absolute Gasteiger partial charge is 0.469 e. The molecule has 1 aromatic heterocycles. The van der Waals surface area contributed by atoms with Crippen molar-refractivity contribution in [1.29, 1.82) is 0 Å². The van der Waals surface area contributed by atoms with Gasteiger partial charge in [-0.3, -0.25) is 5.32 Å². The fourth-order valence-corrected chi connectivity index (χ4v) is 1.36. The summed E-state index contributed by atoms with van der Waals surface area (Å²) in [5.74, 6) is 0.981. The maximum atomic E-state index is 5.48. The van der Waals surface area contributed by atoms with E-state index in [9.17, 15) is 0 Å². The van der Waals surface area contributed by atoms with Gasteiger partial charge in [0, 0.05) is 13.0 Å². The molecule has 3 nitrogen and oxygen atoms in total. The van der Waals surface area contributed by atoms with Gasteiger partial charge in [-0.25, -0.2) is 0 Å². The van der Waals surface area contributed by atoms with E-state index < -0.39 is 0 Å². The van der Waals surface area contributed by atoms with Gasteiger partial charge in [-0.05, 0) is 25.1 Å². The summed E-state index contributed by atoms with van der Waals surface area (Å²) in [5, 5.41) is 3.28. The molecule has 2 rings (SSSR count). The Kier molecular flexibility index (Phi) is 2.44. The Morgan fingerprint density at radius 3 is 3.25 bits per heavy atom. The molecule has 1 unspecified atom stereocenters. The Morgan fingerprint density at radius 2 is 2.58 bits per heavy atom. The lowest BCUT2D eigenvalue weighted by molar-refractivity contribution is -0.000834. The van der Waals surface area contributed by atoms with E-state index in [4.69, 9.17) is 9.15 Å². The first-order chi connectivity index (χ1) is 5.95. The van der Waals surface area contributed by atoms with E-state index in [0.717, 1.165) is 31.8 Å². The van der Waals surface area contributed by atoms with Crippen LogP contribution in [0.3, 0.4) is 0 Å². The summed E-state index contributed by atoms with van der Waals surface area (Å²) in [6.07, 6.45) is 3.77. The molecule has 3 heteroatoms. The highest BCUT2D eigenvalue weighted by Gasteiger charge is 2.13. The average Bonchev–Trinajstić information content (AvgIpc) is 2.59. The molecule has 0 amide bonds. The number of furan rings is 1. The molecule has 0 spiro atoms. The van der Waals surface area contributed by atoms with Crippen LogP contribution in [0.5, 0.6) is 0 Å². The van der Waals surface area contributed by atoms with E-state index in [2.05, 4.69) is 5.32 Å². The Morgan fingerprint density at radius 1 is 1.58 bits per heavy atom. The maximum absolute atomic E-state index is 5.48. The van der Waals surface area contributed by atoms with Crippen molar-refractivity contribution in [2.75, 3.05) is 13.2 Å². The highest BCUT2D eigenvalue weighted by atomic mass is 16.5. The first-order valence-corrected chi connectivity index (χ1v) is 4.32. The number of hydrogen-bond acceptors (Lipinski definition) is 3. The van der Waals surface area contributed by atoms with Crippen molar-refractivity contribution in [1.82, 2.24) is 5.32 Å². The second-order valence-corrected chi connectivity index (χ2v) is 2.95. The molecule has 0 saturated carbocycles. The van der Waals surface area contributed by atoms with Gasteiger partial charge in [0.15, 0.2) is 0 Å². The molecule has 1 N–H and O–H groups in total. The maximum Gasteiger partial charge on any atom is 0.115 e. The Hall–Kier alpha value is -0.800. The van der Waals surface area contributed by atoms with Crippen LogP contribution >= 0.6 is 0 Å². The highest BCUT2D eigenvalue weighted by molar-refractivity contribution is 4.99. The van der Waals surface area contributed by atoms with Gasteiger partial charge in [0.05, 0.1) is 6.26 Å². The van der Waals surface area contributed by atoms with Crippen LogP contribution in [0.25, 0.3) is 0 Å². The molecule has 1 saturated heterocycles. The minimum Gasteiger partial charge on any atom is -0.469 e. The lowest BCUT2D eigenvalue weighted by atomic mass is 10.2. The van der Waals surface area contributed by atoms with Crippen LogP contribution in [0.15, 0.2) is 22.8 Å². The molecule has 66 valence electrons. The Balaban J connectivity index is 1.86. The third-order valence-electron chi connectivity index (χ3n) is 1.98. The van der Waals surface area contributed by atoms with Crippen molar-refractivity contribution in [2.24, 2.45) is 0 Å². The summed E-state index contributed by atoms with van der Waals surface area (Å²) in [4.78, 5) is 0. The lowest BCUT2D eigenvalue weighted by Gasteiger charge is -2.23. The molecule has 12 heavy (non-hydrogen) atoms. The molecule has 1 atom stereocenters. The van der Waals surface area contributed by atoms with E-state index in [1.54, 1.807) is 6.26 Å². The molecule has 0 radical (unpaired) electrons. The first kappa shape index (κ1) is 7.83. The van der Waals surface area contributed by atoms with E-state index in [1.807, 2.05) is 12.1 Å². The second-order valence-electron chi connectivity index (χ2n) is 2.95. The van der Waals surface area contributed by atoms with Crippen molar-refractivity contribution >= 4 is 0 Å². The number of hydrogen-bond donors (Lipinski definition) is 1. The minimum atomic E-state index is 0.143. The van der Waals surface area contributed by atoms with Crippen LogP contribution in [0, 0.1) is 0 Å². The van der Waals surface area contributed by atoms with Gasteiger partial charge in [-0.1, -0.05) is 0 Å². The van der Waals surface area contributed by atoms with Crippen molar-refractivity contribution in [3.63, 3.8) is 0 Å². The van der Waals surface area contributed by atoms with Crippen LogP contribution in [0.1, 0.15) is 12.2 Å². The smallest absolute Gasteiger partial charge is 0.115 e. The molecule has 0 bridgehead atoms. The zero-order valence-electron chi connectivity index (χ0n) is 6.95. The fourth-order valence-electron chi connectivity index (χ4n) is 1.36. The van der Waals surface area contributed by atoms with Crippen molar-refractivity contribution in [3.05, 3.63) is 24.2 Å². The summed E-state index contributed by atoms with van der Waals surface area (Å²) in [5.41, 5.74) is 0. The molecule has 0 aliphatic carbocycles. The standard InChI is InChI=1S/C9H13NO2/c1-3-8(11-5-1)7-9-10-4-2-6-12-9/h1,3,5,9-10H,2,4,6-7H2. The Labute approximate surface area is 71.7 Å². The molecule has 0 aromatic carbocycles. The van der Waals surface area contributed by atoms with Crippen LogP contribution in [-0.4, -0.2) is 19.4 Å². The summed E-state index contributed by atoms with van der Waals surface area (Å²) >= 11 is 0. The average molecular weight is 167 g/mol. The number of nitrogens with one attached hydrogen (secondary N) is 1. The predicted octanol–water partition coefficient (Wildman–Crippen LogP) is 1.16. The third kappa shape index (κ3) is 1.87. The van der Waals surface area contributed by atoms with Gasteiger partial charge < -0.3 is 9.15 Å². The van der Waals surface area contributed by atoms with Gasteiger partial charge in [-0.2, -0.15) is 0 Å². The van der Waals surface area contributed by atoms with Gasteiger partial charge in [-0.15, -0.1) is 0 Å². The molecule has 1 aromatic rings. The second kappa shape index (κ2) is 3.74. The van der Waals surface area contributed by atoms with E-state index in [1.165, 1.54) is 0 Å². The fraction of sp³-hybridized carbons (Fsp3) is 0.556. The molecule has 1 aliphatic heterocycles. The molecule has 1 fully saturated rings. The van der Waals surface area contributed by atoms with Crippen LogP contribution in [0.4, 0.5) is 0 Å². The third-order valence-corrected chi connectivity index (χ3v) is 1.98. The van der Waals surface area contributed by atoms with Gasteiger partial charge in [0.1, 0.15) is 12.0 Å². The van der Waals surface area contributed by atoms with Gasteiger partial charge >= 0.3 is 0 Å². The minimum absolute atomic E-state index is 0.143. The summed E-state index contributed by atoms with van der Waals surface area (Å²) < 4.78 is 10.7. The lowest BCUT2D eigenvalue weighted by Crippen LogP contribution is -2.39. The summed E-state index contributed by atoms with van der Waals surface area (Å²) in [6, 6.07) is 3.87. The predicted molar refractivity (Wildman–Crippen MR) is 44.8 cm³/mol. The van der Waals surface area contributed by atoms with E-state index in [0.29, 0.717) is 0 Å². The topological polar surface area (TPSA) is 34.4 Å². The summed E-state index contributed by atoms with van der Waals surface area (Å²) in [6.45, 7) is 1.91.